The van der Waals surface area contributed by atoms with Gasteiger partial charge >= 0.3 is 0 Å². The lowest BCUT2D eigenvalue weighted by Gasteiger charge is -2.26. The van der Waals surface area contributed by atoms with Crippen LogP contribution in [0.2, 0.25) is 0 Å². The van der Waals surface area contributed by atoms with E-state index in [1.807, 2.05) is 6.26 Å². The Bertz CT molecular complexity index is 143. The van der Waals surface area contributed by atoms with E-state index in [0.717, 1.165) is 11.8 Å². The molecule has 1 fully saturated rings. The number of hydrogen-bond acceptors (Lipinski definition) is 1. The number of rotatable bonds is 4. The van der Waals surface area contributed by atoms with Crippen molar-refractivity contribution < 1.29 is 4.74 Å². The standard InChI is InChI=1S/C12H22O/c1-3-4-11-5-7-12(8-6-11)9-10-13-2/h9-12H,3-8H2,1-2H3. The highest BCUT2D eigenvalue weighted by Gasteiger charge is 2.18. The molecular weight excluding hydrogens is 160 g/mol. The SMILES string of the molecule is CCCC1CCC(C=COC)CC1. The predicted octanol–water partition coefficient (Wildman–Crippen LogP) is 3.75. The maximum Gasteiger partial charge on any atom is 0.0787 e. The van der Waals surface area contributed by atoms with Crippen LogP contribution in [0.5, 0.6) is 0 Å². The fourth-order valence-corrected chi connectivity index (χ4v) is 2.27. The van der Waals surface area contributed by atoms with E-state index >= 15 is 0 Å². The molecule has 1 nitrogen and oxygen atoms in total. The van der Waals surface area contributed by atoms with Crippen LogP contribution in [0.1, 0.15) is 45.4 Å². The van der Waals surface area contributed by atoms with Crippen molar-refractivity contribution in [1.82, 2.24) is 0 Å². The summed E-state index contributed by atoms with van der Waals surface area (Å²) in [5.41, 5.74) is 0. The second-order valence-corrected chi connectivity index (χ2v) is 4.13. The molecule has 1 heteroatoms. The van der Waals surface area contributed by atoms with Crippen LogP contribution in [0.3, 0.4) is 0 Å². The van der Waals surface area contributed by atoms with E-state index in [-0.39, 0.29) is 0 Å². The lowest BCUT2D eigenvalue weighted by molar-refractivity contribution is 0.284. The monoisotopic (exact) mass is 182 g/mol. The van der Waals surface area contributed by atoms with Gasteiger partial charge in [-0.1, -0.05) is 19.8 Å². The highest BCUT2D eigenvalue weighted by Crippen LogP contribution is 2.31. The quantitative estimate of drug-likeness (QED) is 0.602. The van der Waals surface area contributed by atoms with Gasteiger partial charge in [0.1, 0.15) is 0 Å². The van der Waals surface area contributed by atoms with Crippen molar-refractivity contribution in [1.29, 1.82) is 0 Å². The molecule has 1 aliphatic carbocycles. The van der Waals surface area contributed by atoms with Crippen LogP contribution >= 0.6 is 0 Å². The van der Waals surface area contributed by atoms with Gasteiger partial charge in [0, 0.05) is 0 Å². The third-order valence-electron chi connectivity index (χ3n) is 3.08. The van der Waals surface area contributed by atoms with Gasteiger partial charge in [-0.3, -0.25) is 0 Å². The van der Waals surface area contributed by atoms with Crippen molar-refractivity contribution in [2.75, 3.05) is 7.11 Å². The second kappa shape index (κ2) is 6.06. The molecule has 0 spiro atoms. The van der Waals surface area contributed by atoms with Gasteiger partial charge in [-0.25, -0.2) is 0 Å². The lowest BCUT2D eigenvalue weighted by atomic mass is 9.80. The van der Waals surface area contributed by atoms with E-state index in [2.05, 4.69) is 13.0 Å². The molecule has 0 radical (unpaired) electrons. The Morgan fingerprint density at radius 2 is 1.92 bits per heavy atom. The van der Waals surface area contributed by atoms with E-state index in [1.165, 1.54) is 38.5 Å². The summed E-state index contributed by atoms with van der Waals surface area (Å²) in [6, 6.07) is 0. The molecule has 0 aliphatic heterocycles. The minimum absolute atomic E-state index is 0.785. The Morgan fingerprint density at radius 1 is 1.23 bits per heavy atom. The summed E-state index contributed by atoms with van der Waals surface area (Å²) in [6.07, 6.45) is 12.4. The highest BCUT2D eigenvalue weighted by atomic mass is 16.5. The molecule has 0 amide bonds. The predicted molar refractivity (Wildman–Crippen MR) is 56.5 cm³/mol. The van der Waals surface area contributed by atoms with Crippen molar-refractivity contribution in [2.24, 2.45) is 11.8 Å². The minimum Gasteiger partial charge on any atom is -0.505 e. The van der Waals surface area contributed by atoms with Crippen LogP contribution in [-0.4, -0.2) is 7.11 Å². The summed E-state index contributed by atoms with van der Waals surface area (Å²) in [5.74, 6) is 1.80. The molecule has 0 aromatic heterocycles. The van der Waals surface area contributed by atoms with Crippen LogP contribution in [0.15, 0.2) is 12.3 Å². The number of allylic oxidation sites excluding steroid dienone is 1. The first-order chi connectivity index (χ1) is 6.36. The summed E-state index contributed by atoms with van der Waals surface area (Å²) in [4.78, 5) is 0. The van der Waals surface area contributed by atoms with Crippen LogP contribution < -0.4 is 0 Å². The first kappa shape index (κ1) is 10.6. The Hall–Kier alpha value is -0.460. The van der Waals surface area contributed by atoms with Crippen LogP contribution in [0, 0.1) is 11.8 Å². The Labute approximate surface area is 82.2 Å². The first-order valence-electron chi connectivity index (χ1n) is 5.56. The van der Waals surface area contributed by atoms with Gasteiger partial charge in [-0.15, -0.1) is 0 Å². The molecule has 13 heavy (non-hydrogen) atoms. The zero-order valence-electron chi connectivity index (χ0n) is 8.96. The summed E-state index contributed by atoms with van der Waals surface area (Å²) < 4.78 is 4.94. The summed E-state index contributed by atoms with van der Waals surface area (Å²) >= 11 is 0. The fourth-order valence-electron chi connectivity index (χ4n) is 2.27. The third-order valence-corrected chi connectivity index (χ3v) is 3.08. The summed E-state index contributed by atoms with van der Waals surface area (Å²) in [7, 11) is 1.72. The van der Waals surface area contributed by atoms with Crippen LogP contribution in [0.25, 0.3) is 0 Å². The summed E-state index contributed by atoms with van der Waals surface area (Å²) in [5, 5.41) is 0. The molecule has 1 aliphatic rings. The zero-order chi connectivity index (χ0) is 9.52. The number of methoxy groups -OCH3 is 1. The van der Waals surface area contributed by atoms with E-state index in [9.17, 15) is 0 Å². The van der Waals surface area contributed by atoms with Gasteiger partial charge in [0.25, 0.3) is 0 Å². The van der Waals surface area contributed by atoms with Crippen molar-refractivity contribution in [2.45, 2.75) is 45.4 Å². The molecule has 1 saturated carbocycles. The molecule has 0 atom stereocenters. The van der Waals surface area contributed by atoms with Crippen LogP contribution in [-0.2, 0) is 4.74 Å². The zero-order valence-corrected chi connectivity index (χ0v) is 8.96. The second-order valence-electron chi connectivity index (χ2n) is 4.13. The van der Waals surface area contributed by atoms with Crippen molar-refractivity contribution in [3.63, 3.8) is 0 Å². The molecule has 0 bridgehead atoms. The highest BCUT2D eigenvalue weighted by molar-refractivity contribution is 4.86. The van der Waals surface area contributed by atoms with E-state index in [1.54, 1.807) is 7.11 Å². The topological polar surface area (TPSA) is 9.23 Å². The lowest BCUT2D eigenvalue weighted by Crippen LogP contribution is -2.12. The third kappa shape index (κ3) is 3.84. The maximum atomic E-state index is 4.94. The van der Waals surface area contributed by atoms with Gasteiger partial charge in [0.05, 0.1) is 13.4 Å². The molecule has 76 valence electrons. The molecule has 0 unspecified atom stereocenters. The largest absolute Gasteiger partial charge is 0.505 e. The molecule has 1 rings (SSSR count). The molecule has 0 saturated heterocycles. The smallest absolute Gasteiger partial charge is 0.0787 e. The van der Waals surface area contributed by atoms with Gasteiger partial charge in [0.15, 0.2) is 0 Å². The Balaban J connectivity index is 2.18. The average molecular weight is 182 g/mol. The number of hydrogen-bond donors (Lipinski definition) is 0. The van der Waals surface area contributed by atoms with E-state index < -0.39 is 0 Å². The molecule has 0 N–H and O–H groups in total. The van der Waals surface area contributed by atoms with E-state index in [0.29, 0.717) is 0 Å². The number of ether oxygens (including phenoxy) is 1. The molecule has 0 heterocycles. The summed E-state index contributed by atoms with van der Waals surface area (Å²) in [6.45, 7) is 2.29. The first-order valence-corrected chi connectivity index (χ1v) is 5.56. The van der Waals surface area contributed by atoms with Gasteiger partial charge in [-0.05, 0) is 43.6 Å². The van der Waals surface area contributed by atoms with Gasteiger partial charge in [-0.2, -0.15) is 0 Å². The Kier molecular flexibility index (Phi) is 4.95. The van der Waals surface area contributed by atoms with Crippen molar-refractivity contribution >= 4 is 0 Å². The molecule has 0 aromatic rings. The molecular formula is C12H22O. The van der Waals surface area contributed by atoms with E-state index in [4.69, 9.17) is 4.74 Å². The van der Waals surface area contributed by atoms with Crippen molar-refractivity contribution in [3.8, 4) is 0 Å². The average Bonchev–Trinajstić information content (AvgIpc) is 2.17. The molecule has 0 aromatic carbocycles. The Morgan fingerprint density at radius 3 is 2.46 bits per heavy atom. The van der Waals surface area contributed by atoms with Gasteiger partial charge in [0.2, 0.25) is 0 Å². The van der Waals surface area contributed by atoms with Gasteiger partial charge < -0.3 is 4.74 Å². The van der Waals surface area contributed by atoms with Crippen LogP contribution in [0.4, 0.5) is 0 Å². The van der Waals surface area contributed by atoms with Crippen molar-refractivity contribution in [3.05, 3.63) is 12.3 Å². The fraction of sp³-hybridized carbons (Fsp3) is 0.833. The normalized spacial score (nSPS) is 29.4. The minimum atomic E-state index is 0.785. The maximum absolute atomic E-state index is 4.94.